The third kappa shape index (κ3) is 0.884. The van der Waals surface area contributed by atoms with Gasteiger partial charge in [-0.1, -0.05) is 0 Å². The highest BCUT2D eigenvalue weighted by atomic mass is 16.5. The molecule has 2 heterocycles. The largest absolute Gasteiger partial charge is 0.467 e. The summed E-state index contributed by atoms with van der Waals surface area (Å²) in [7, 11) is 1.50. The maximum atomic E-state index is 5.55. The van der Waals surface area contributed by atoms with E-state index >= 15 is 0 Å². The van der Waals surface area contributed by atoms with Gasteiger partial charge in [0.2, 0.25) is 0 Å². The number of hydrogen-bond acceptors (Lipinski definition) is 6. The highest BCUT2D eigenvalue weighted by Crippen LogP contribution is 2.10. The van der Waals surface area contributed by atoms with Crippen molar-refractivity contribution in [2.75, 3.05) is 7.11 Å². The van der Waals surface area contributed by atoms with Crippen LogP contribution in [-0.4, -0.2) is 37.2 Å². The van der Waals surface area contributed by atoms with E-state index in [4.69, 9.17) is 10.5 Å². The SMILES string of the molecule is COC1=N[C@@H]2C(N)=NC=NC2=N1. The van der Waals surface area contributed by atoms with Gasteiger partial charge >= 0.3 is 6.02 Å². The monoisotopic (exact) mass is 165 g/mol. The van der Waals surface area contributed by atoms with Crippen LogP contribution < -0.4 is 5.73 Å². The third-order valence-electron chi connectivity index (χ3n) is 1.55. The van der Waals surface area contributed by atoms with Gasteiger partial charge in [-0.05, 0) is 0 Å². The Morgan fingerprint density at radius 2 is 2.42 bits per heavy atom. The Kier molecular flexibility index (Phi) is 1.39. The summed E-state index contributed by atoms with van der Waals surface area (Å²) in [6, 6.07) is -0.0443. The van der Waals surface area contributed by atoms with Crippen molar-refractivity contribution < 1.29 is 4.74 Å². The smallest absolute Gasteiger partial charge is 0.314 e. The van der Waals surface area contributed by atoms with E-state index < -0.39 is 0 Å². The first-order chi connectivity index (χ1) is 5.81. The van der Waals surface area contributed by atoms with Crippen LogP contribution in [0.3, 0.4) is 0 Å². The van der Waals surface area contributed by atoms with Crippen LogP contribution in [0.4, 0.5) is 0 Å². The van der Waals surface area contributed by atoms with E-state index in [2.05, 4.69) is 20.0 Å². The molecule has 0 aromatic rings. The molecule has 0 saturated heterocycles. The molecule has 0 spiro atoms. The summed E-state index contributed by atoms with van der Waals surface area (Å²) in [5.41, 5.74) is 5.55. The summed E-state index contributed by atoms with van der Waals surface area (Å²) in [6.07, 6.45) is 1.36. The van der Waals surface area contributed by atoms with Crippen molar-refractivity contribution in [1.82, 2.24) is 0 Å². The van der Waals surface area contributed by atoms with Gasteiger partial charge in [0.1, 0.15) is 12.2 Å². The molecule has 12 heavy (non-hydrogen) atoms. The molecular formula is C6H7N5O. The zero-order chi connectivity index (χ0) is 8.55. The van der Waals surface area contributed by atoms with Gasteiger partial charge in [-0.15, -0.1) is 0 Å². The lowest BCUT2D eigenvalue weighted by Gasteiger charge is -2.07. The third-order valence-corrected chi connectivity index (χ3v) is 1.55. The lowest BCUT2D eigenvalue weighted by atomic mass is 10.2. The molecule has 0 radical (unpaired) electrons. The molecule has 2 rings (SSSR count). The number of amidine groups is 3. The van der Waals surface area contributed by atoms with Gasteiger partial charge in [0, 0.05) is 0 Å². The second-order valence-corrected chi connectivity index (χ2v) is 2.29. The minimum atomic E-state index is -0.343. The Bertz CT molecular complexity index is 327. The predicted molar refractivity (Wildman–Crippen MR) is 45.8 cm³/mol. The van der Waals surface area contributed by atoms with Gasteiger partial charge < -0.3 is 10.5 Å². The maximum absolute atomic E-state index is 5.55. The number of fused-ring (bicyclic) bond motifs is 1. The number of methoxy groups -OCH3 is 1. The Hall–Kier alpha value is -1.72. The Labute approximate surface area is 68.6 Å². The van der Waals surface area contributed by atoms with Gasteiger partial charge in [0.05, 0.1) is 7.11 Å². The molecule has 2 N–H and O–H groups in total. The summed E-state index contributed by atoms with van der Waals surface area (Å²) < 4.78 is 4.83. The highest BCUT2D eigenvalue weighted by molar-refractivity contribution is 6.20. The van der Waals surface area contributed by atoms with Crippen molar-refractivity contribution in [3.05, 3.63) is 0 Å². The molecule has 0 aliphatic carbocycles. The number of rotatable bonds is 0. The average Bonchev–Trinajstić information content (AvgIpc) is 2.49. The van der Waals surface area contributed by atoms with Crippen LogP contribution >= 0.6 is 0 Å². The average molecular weight is 165 g/mol. The van der Waals surface area contributed by atoms with Gasteiger partial charge in [-0.3, -0.25) is 0 Å². The summed E-state index contributed by atoms with van der Waals surface area (Å²) in [4.78, 5) is 15.7. The lowest BCUT2D eigenvalue weighted by Crippen LogP contribution is -2.34. The van der Waals surface area contributed by atoms with Crippen LogP contribution in [0.15, 0.2) is 20.0 Å². The molecule has 62 valence electrons. The molecule has 0 saturated carbocycles. The second-order valence-electron chi connectivity index (χ2n) is 2.29. The van der Waals surface area contributed by atoms with Crippen molar-refractivity contribution in [3.63, 3.8) is 0 Å². The van der Waals surface area contributed by atoms with Crippen LogP contribution in [0.2, 0.25) is 0 Å². The number of aliphatic imine (C=N–C) groups is 4. The normalized spacial score (nSPS) is 25.8. The van der Waals surface area contributed by atoms with Gasteiger partial charge in [-0.25, -0.2) is 15.0 Å². The molecule has 6 nitrogen and oxygen atoms in total. The fourth-order valence-corrected chi connectivity index (χ4v) is 0.978. The lowest BCUT2D eigenvalue weighted by molar-refractivity contribution is 0.397. The van der Waals surface area contributed by atoms with E-state index in [1.165, 1.54) is 13.4 Å². The Morgan fingerprint density at radius 1 is 1.58 bits per heavy atom. The molecule has 0 fully saturated rings. The zero-order valence-electron chi connectivity index (χ0n) is 6.43. The Balaban J connectivity index is 2.35. The van der Waals surface area contributed by atoms with Gasteiger partial charge in [0.15, 0.2) is 11.9 Å². The molecule has 0 unspecified atom stereocenters. The van der Waals surface area contributed by atoms with E-state index in [0.29, 0.717) is 17.7 Å². The number of nitrogens with zero attached hydrogens (tertiary/aromatic N) is 4. The van der Waals surface area contributed by atoms with Crippen molar-refractivity contribution in [2.24, 2.45) is 25.7 Å². The van der Waals surface area contributed by atoms with Crippen molar-refractivity contribution in [2.45, 2.75) is 6.04 Å². The summed E-state index contributed by atoms with van der Waals surface area (Å²) in [6.45, 7) is 0. The minimum absolute atomic E-state index is 0.298. The molecule has 2 aliphatic rings. The molecule has 0 aromatic carbocycles. The molecular weight excluding hydrogens is 158 g/mol. The fourth-order valence-electron chi connectivity index (χ4n) is 0.978. The van der Waals surface area contributed by atoms with E-state index in [9.17, 15) is 0 Å². The highest BCUT2D eigenvalue weighted by Gasteiger charge is 2.27. The van der Waals surface area contributed by atoms with Crippen LogP contribution in [0.25, 0.3) is 0 Å². The maximum Gasteiger partial charge on any atom is 0.314 e. The summed E-state index contributed by atoms with van der Waals surface area (Å²) in [5.74, 6) is 0.940. The number of nitrogens with two attached hydrogens (primary N) is 1. The summed E-state index contributed by atoms with van der Waals surface area (Å²) in [5, 5.41) is 0. The first-order valence-electron chi connectivity index (χ1n) is 3.37. The first kappa shape index (κ1) is 6.96. The predicted octanol–water partition coefficient (Wildman–Crippen LogP) is -0.831. The molecule has 0 amide bonds. The fraction of sp³-hybridized carbons (Fsp3) is 0.333. The van der Waals surface area contributed by atoms with E-state index in [1.54, 1.807) is 0 Å². The number of hydrogen-bond donors (Lipinski definition) is 1. The van der Waals surface area contributed by atoms with E-state index in [0.717, 1.165) is 0 Å². The van der Waals surface area contributed by atoms with Gasteiger partial charge in [0.25, 0.3) is 0 Å². The zero-order valence-corrected chi connectivity index (χ0v) is 6.43. The van der Waals surface area contributed by atoms with Crippen LogP contribution in [0.1, 0.15) is 0 Å². The van der Waals surface area contributed by atoms with Crippen LogP contribution in [-0.2, 0) is 4.74 Å². The Morgan fingerprint density at radius 3 is 3.08 bits per heavy atom. The van der Waals surface area contributed by atoms with Crippen molar-refractivity contribution in [3.8, 4) is 0 Å². The molecule has 6 heteroatoms. The molecule has 0 bridgehead atoms. The first-order valence-corrected chi connectivity index (χ1v) is 3.37. The van der Waals surface area contributed by atoms with Crippen molar-refractivity contribution >= 4 is 24.0 Å². The molecule has 1 atom stereocenters. The van der Waals surface area contributed by atoms with E-state index in [-0.39, 0.29) is 6.04 Å². The molecule has 0 aromatic heterocycles. The van der Waals surface area contributed by atoms with Crippen molar-refractivity contribution in [1.29, 1.82) is 0 Å². The van der Waals surface area contributed by atoms with Gasteiger partial charge in [-0.2, -0.15) is 4.99 Å². The second kappa shape index (κ2) is 2.40. The minimum Gasteiger partial charge on any atom is -0.467 e. The van der Waals surface area contributed by atoms with Crippen LogP contribution in [0.5, 0.6) is 0 Å². The standard InChI is InChI=1S/C6H7N5O/c1-12-6-10-3-4(7)8-2-9-5(3)11-6/h2-3H,1H3,(H2,7,8,9,10,11)/t3-/m1/s1. The summed E-state index contributed by atoms with van der Waals surface area (Å²) >= 11 is 0. The quantitative estimate of drug-likeness (QED) is 0.508. The van der Waals surface area contributed by atoms with Crippen LogP contribution in [0, 0.1) is 0 Å². The van der Waals surface area contributed by atoms with E-state index in [1.807, 2.05) is 0 Å². The molecule has 2 aliphatic heterocycles. The topological polar surface area (TPSA) is 84.7 Å². The number of ether oxygens (including phenoxy) is 1.